The molecule has 1 atom stereocenters. The van der Waals surface area contributed by atoms with Crippen molar-refractivity contribution in [2.75, 3.05) is 6.54 Å². The minimum absolute atomic E-state index is 0.248. The van der Waals surface area contributed by atoms with Gasteiger partial charge in [0.15, 0.2) is 0 Å². The van der Waals surface area contributed by atoms with Gasteiger partial charge in [-0.1, -0.05) is 13.8 Å². The van der Waals surface area contributed by atoms with Gasteiger partial charge >= 0.3 is 6.09 Å². The van der Waals surface area contributed by atoms with E-state index in [0.29, 0.717) is 12.6 Å². The first-order valence-electron chi connectivity index (χ1n) is 5.43. The zero-order valence-corrected chi connectivity index (χ0v) is 10.7. The molecule has 4 heteroatoms. The summed E-state index contributed by atoms with van der Waals surface area (Å²) in [5, 5.41) is 6.01. The van der Waals surface area contributed by atoms with Gasteiger partial charge in [-0.2, -0.15) is 0 Å². The molecule has 15 heavy (non-hydrogen) atoms. The van der Waals surface area contributed by atoms with Gasteiger partial charge in [-0.15, -0.1) is 0 Å². The molecule has 0 aliphatic rings. The van der Waals surface area contributed by atoms with E-state index in [1.165, 1.54) is 0 Å². The summed E-state index contributed by atoms with van der Waals surface area (Å²) in [6.45, 7) is 12.3. The molecule has 0 saturated carbocycles. The van der Waals surface area contributed by atoms with Crippen LogP contribution in [0, 0.1) is 0 Å². The summed E-state index contributed by atoms with van der Waals surface area (Å²) in [5.74, 6) is 0. The summed E-state index contributed by atoms with van der Waals surface area (Å²) in [6.07, 6.45) is -0.361. The quantitative estimate of drug-likeness (QED) is 0.754. The van der Waals surface area contributed by atoms with Crippen LogP contribution in [0.5, 0.6) is 0 Å². The molecule has 0 spiro atoms. The zero-order chi connectivity index (χ0) is 12.1. The van der Waals surface area contributed by atoms with E-state index in [1.54, 1.807) is 0 Å². The molecule has 1 unspecified atom stereocenters. The fourth-order valence-corrected chi connectivity index (χ4v) is 1.18. The van der Waals surface area contributed by atoms with Crippen LogP contribution in [0.25, 0.3) is 0 Å². The Morgan fingerprint density at radius 2 is 1.80 bits per heavy atom. The second-order valence-corrected chi connectivity index (χ2v) is 5.11. The van der Waals surface area contributed by atoms with Gasteiger partial charge in [0.2, 0.25) is 0 Å². The highest BCUT2D eigenvalue weighted by atomic mass is 16.6. The summed E-state index contributed by atoms with van der Waals surface area (Å²) in [7, 11) is 0. The Morgan fingerprint density at radius 3 is 2.20 bits per heavy atom. The highest BCUT2D eigenvalue weighted by Gasteiger charge is 2.16. The maximum absolute atomic E-state index is 11.3. The minimum atomic E-state index is -0.432. The highest BCUT2D eigenvalue weighted by molar-refractivity contribution is 5.67. The Morgan fingerprint density at radius 1 is 1.27 bits per heavy atom. The molecule has 0 aromatic carbocycles. The number of nitrogens with one attached hydrogen (secondary N) is 2. The summed E-state index contributed by atoms with van der Waals surface area (Å²) >= 11 is 0. The molecule has 0 rings (SSSR count). The molecule has 4 nitrogen and oxygen atoms in total. The molecular formula is C11H24N2O2. The number of amides is 1. The summed E-state index contributed by atoms with van der Waals surface area (Å²) in [5.41, 5.74) is -0.432. The third-order valence-corrected chi connectivity index (χ3v) is 1.57. The van der Waals surface area contributed by atoms with E-state index in [4.69, 9.17) is 4.74 Å². The lowest BCUT2D eigenvalue weighted by atomic mass is 10.2. The molecular weight excluding hydrogens is 192 g/mol. The summed E-state index contributed by atoms with van der Waals surface area (Å²) in [6, 6.07) is 0.665. The third kappa shape index (κ3) is 9.53. The van der Waals surface area contributed by atoms with Crippen molar-refractivity contribution in [2.45, 2.75) is 59.2 Å². The van der Waals surface area contributed by atoms with E-state index >= 15 is 0 Å². The van der Waals surface area contributed by atoms with Crippen LogP contribution in [0.3, 0.4) is 0 Å². The number of ether oxygens (including phenoxy) is 1. The Balaban J connectivity index is 3.72. The van der Waals surface area contributed by atoms with Crippen molar-refractivity contribution in [3.63, 3.8) is 0 Å². The predicted octanol–water partition coefficient (Wildman–Crippen LogP) is 1.90. The lowest BCUT2D eigenvalue weighted by Gasteiger charge is -2.21. The summed E-state index contributed by atoms with van der Waals surface area (Å²) in [4.78, 5) is 11.3. The molecule has 0 fully saturated rings. The monoisotopic (exact) mass is 216 g/mol. The Hall–Kier alpha value is -0.770. The van der Waals surface area contributed by atoms with Crippen LogP contribution in [-0.4, -0.2) is 30.3 Å². The lowest BCUT2D eigenvalue weighted by molar-refractivity contribution is 0.0523. The Bertz CT molecular complexity index is 197. The first-order chi connectivity index (χ1) is 6.70. The normalized spacial score (nSPS) is 13.8. The Kier molecular flexibility index (Phi) is 5.65. The molecule has 0 aromatic heterocycles. The van der Waals surface area contributed by atoms with Gasteiger partial charge < -0.3 is 15.4 Å². The fourth-order valence-electron chi connectivity index (χ4n) is 1.18. The van der Waals surface area contributed by atoms with Crippen molar-refractivity contribution in [2.24, 2.45) is 0 Å². The van der Waals surface area contributed by atoms with E-state index in [9.17, 15) is 4.79 Å². The predicted molar refractivity (Wildman–Crippen MR) is 62.0 cm³/mol. The molecule has 0 bridgehead atoms. The van der Waals surface area contributed by atoms with Crippen molar-refractivity contribution in [1.82, 2.24) is 10.6 Å². The van der Waals surface area contributed by atoms with Crippen molar-refractivity contribution in [3.05, 3.63) is 0 Å². The van der Waals surface area contributed by atoms with Gasteiger partial charge in [0.1, 0.15) is 5.60 Å². The average molecular weight is 216 g/mol. The molecule has 0 radical (unpaired) electrons. The molecule has 0 aliphatic heterocycles. The van der Waals surface area contributed by atoms with Crippen molar-refractivity contribution in [3.8, 4) is 0 Å². The van der Waals surface area contributed by atoms with Crippen LogP contribution in [0.1, 0.15) is 41.5 Å². The van der Waals surface area contributed by atoms with E-state index in [2.05, 4.69) is 24.5 Å². The number of carbonyl (C=O) groups is 1. The van der Waals surface area contributed by atoms with Crippen LogP contribution in [-0.2, 0) is 4.74 Å². The zero-order valence-electron chi connectivity index (χ0n) is 10.7. The molecule has 1 amide bonds. The molecule has 0 aliphatic carbocycles. The van der Waals surface area contributed by atoms with E-state index < -0.39 is 5.60 Å². The van der Waals surface area contributed by atoms with Crippen LogP contribution in [0.2, 0.25) is 0 Å². The molecule has 90 valence electrons. The number of hydrogen-bond acceptors (Lipinski definition) is 3. The number of rotatable bonds is 4. The summed E-state index contributed by atoms with van der Waals surface area (Å²) < 4.78 is 5.12. The standard InChI is InChI=1S/C11H24N2O2/c1-8(2)13-9(3)7-12-10(14)15-11(4,5)6/h8-9,13H,7H2,1-6H3,(H,12,14). The first kappa shape index (κ1) is 14.2. The van der Waals surface area contributed by atoms with Crippen molar-refractivity contribution < 1.29 is 9.53 Å². The van der Waals surface area contributed by atoms with E-state index in [0.717, 1.165) is 0 Å². The smallest absolute Gasteiger partial charge is 0.407 e. The van der Waals surface area contributed by atoms with Crippen LogP contribution >= 0.6 is 0 Å². The van der Waals surface area contributed by atoms with Gasteiger partial charge in [0.25, 0.3) is 0 Å². The third-order valence-electron chi connectivity index (χ3n) is 1.57. The second kappa shape index (κ2) is 5.95. The molecule has 0 heterocycles. The van der Waals surface area contributed by atoms with Gasteiger partial charge in [0.05, 0.1) is 0 Å². The number of hydrogen-bond donors (Lipinski definition) is 2. The first-order valence-corrected chi connectivity index (χ1v) is 5.43. The average Bonchev–Trinajstić information content (AvgIpc) is 1.96. The number of alkyl carbamates (subject to hydrolysis) is 1. The van der Waals surface area contributed by atoms with Gasteiger partial charge in [-0.05, 0) is 27.7 Å². The largest absolute Gasteiger partial charge is 0.444 e. The van der Waals surface area contributed by atoms with Crippen LogP contribution < -0.4 is 10.6 Å². The van der Waals surface area contributed by atoms with E-state index in [1.807, 2.05) is 27.7 Å². The maximum atomic E-state index is 11.3. The second-order valence-electron chi connectivity index (χ2n) is 5.11. The molecule has 0 aromatic rings. The maximum Gasteiger partial charge on any atom is 0.407 e. The molecule has 2 N–H and O–H groups in total. The van der Waals surface area contributed by atoms with Crippen molar-refractivity contribution >= 4 is 6.09 Å². The van der Waals surface area contributed by atoms with Gasteiger partial charge in [0, 0.05) is 18.6 Å². The van der Waals surface area contributed by atoms with Crippen LogP contribution in [0.4, 0.5) is 4.79 Å². The highest BCUT2D eigenvalue weighted by Crippen LogP contribution is 2.06. The van der Waals surface area contributed by atoms with Gasteiger partial charge in [-0.25, -0.2) is 4.79 Å². The Labute approximate surface area is 92.8 Å². The van der Waals surface area contributed by atoms with E-state index in [-0.39, 0.29) is 12.1 Å². The van der Waals surface area contributed by atoms with Gasteiger partial charge in [-0.3, -0.25) is 0 Å². The SMILES string of the molecule is CC(C)NC(C)CNC(=O)OC(C)(C)C. The topological polar surface area (TPSA) is 50.4 Å². The van der Waals surface area contributed by atoms with Crippen LogP contribution in [0.15, 0.2) is 0 Å². The molecule has 0 saturated heterocycles. The van der Waals surface area contributed by atoms with Crippen molar-refractivity contribution in [1.29, 1.82) is 0 Å². The minimum Gasteiger partial charge on any atom is -0.444 e. The lowest BCUT2D eigenvalue weighted by Crippen LogP contribution is -2.43. The fraction of sp³-hybridized carbons (Fsp3) is 0.909. The number of carbonyl (C=O) groups excluding carboxylic acids is 1.